The van der Waals surface area contributed by atoms with Gasteiger partial charge in [0, 0.05) is 24.7 Å². The van der Waals surface area contributed by atoms with Crippen LogP contribution in [0.25, 0.3) is 11.3 Å². The molecule has 2 heterocycles. The van der Waals surface area contributed by atoms with E-state index in [0.29, 0.717) is 6.04 Å². The molecule has 1 aliphatic heterocycles. The maximum absolute atomic E-state index is 4.20. The van der Waals surface area contributed by atoms with Crippen molar-refractivity contribution in [1.82, 2.24) is 20.4 Å². The minimum Gasteiger partial charge on any atom is -0.311 e. The van der Waals surface area contributed by atoms with Gasteiger partial charge in [-0.25, -0.2) is 0 Å². The third-order valence-corrected chi connectivity index (χ3v) is 4.38. The Morgan fingerprint density at radius 1 is 1.33 bits per heavy atom. The Balaban J connectivity index is 1.58. The summed E-state index contributed by atoms with van der Waals surface area (Å²) in [5.41, 5.74) is 3.56. The Labute approximate surface area is 126 Å². The lowest BCUT2D eigenvalue weighted by Crippen LogP contribution is -2.37. The fraction of sp³-hybridized carbons (Fsp3) is 0.471. The van der Waals surface area contributed by atoms with E-state index in [2.05, 4.69) is 51.6 Å². The summed E-state index contributed by atoms with van der Waals surface area (Å²) in [5.74, 6) is 0. The van der Waals surface area contributed by atoms with Crippen molar-refractivity contribution in [2.75, 3.05) is 19.6 Å². The van der Waals surface area contributed by atoms with Crippen LogP contribution in [0.2, 0.25) is 0 Å². The molecule has 0 amide bonds. The van der Waals surface area contributed by atoms with Gasteiger partial charge in [-0.3, -0.25) is 10.00 Å². The van der Waals surface area contributed by atoms with Crippen molar-refractivity contribution < 1.29 is 0 Å². The summed E-state index contributed by atoms with van der Waals surface area (Å²) in [7, 11) is 0. The summed E-state index contributed by atoms with van der Waals surface area (Å²) in [4.78, 5) is 2.57. The second-order valence-corrected chi connectivity index (χ2v) is 5.69. The molecule has 1 atom stereocenters. The van der Waals surface area contributed by atoms with E-state index in [1.54, 1.807) is 0 Å². The summed E-state index contributed by atoms with van der Waals surface area (Å²) in [6.45, 7) is 6.60. The van der Waals surface area contributed by atoms with Crippen LogP contribution >= 0.6 is 0 Å². The fourth-order valence-electron chi connectivity index (χ4n) is 3.22. The number of nitrogens with zero attached hydrogens (tertiary/aromatic N) is 2. The number of aromatic amines is 1. The fourth-order valence-corrected chi connectivity index (χ4v) is 3.22. The van der Waals surface area contributed by atoms with E-state index >= 15 is 0 Å². The van der Waals surface area contributed by atoms with E-state index in [1.165, 1.54) is 30.5 Å². The quantitative estimate of drug-likeness (QED) is 0.857. The Morgan fingerprint density at radius 2 is 2.19 bits per heavy atom. The van der Waals surface area contributed by atoms with Gasteiger partial charge in [-0.1, -0.05) is 37.3 Å². The van der Waals surface area contributed by atoms with Gasteiger partial charge in [0.25, 0.3) is 0 Å². The van der Waals surface area contributed by atoms with Gasteiger partial charge in [0.15, 0.2) is 0 Å². The zero-order chi connectivity index (χ0) is 14.5. The number of H-pyrrole nitrogens is 1. The first kappa shape index (κ1) is 14.3. The lowest BCUT2D eigenvalue weighted by atomic mass is 10.1. The third-order valence-electron chi connectivity index (χ3n) is 4.38. The van der Waals surface area contributed by atoms with E-state index in [-0.39, 0.29) is 0 Å². The molecule has 1 aliphatic rings. The number of rotatable bonds is 6. The van der Waals surface area contributed by atoms with Gasteiger partial charge in [0.2, 0.25) is 0 Å². The lowest BCUT2D eigenvalue weighted by molar-refractivity contribution is 0.260. The van der Waals surface area contributed by atoms with Crippen molar-refractivity contribution in [1.29, 1.82) is 0 Å². The molecule has 4 nitrogen and oxygen atoms in total. The molecular weight excluding hydrogens is 260 g/mol. The van der Waals surface area contributed by atoms with E-state index < -0.39 is 0 Å². The van der Waals surface area contributed by atoms with Gasteiger partial charge in [-0.15, -0.1) is 0 Å². The number of nitrogens with one attached hydrogen (secondary N) is 2. The Bertz CT molecular complexity index is 549. The molecule has 2 aromatic rings. The molecule has 112 valence electrons. The Morgan fingerprint density at radius 3 is 3.00 bits per heavy atom. The zero-order valence-electron chi connectivity index (χ0n) is 12.7. The van der Waals surface area contributed by atoms with Crippen molar-refractivity contribution in [2.24, 2.45) is 0 Å². The monoisotopic (exact) mass is 284 g/mol. The number of benzene rings is 1. The molecule has 0 saturated carbocycles. The smallest absolute Gasteiger partial charge is 0.0695 e. The van der Waals surface area contributed by atoms with Crippen molar-refractivity contribution in [2.45, 2.75) is 32.4 Å². The van der Waals surface area contributed by atoms with Crippen molar-refractivity contribution >= 4 is 0 Å². The summed E-state index contributed by atoms with van der Waals surface area (Å²) in [5, 5.41) is 10.9. The first-order valence-electron chi connectivity index (χ1n) is 7.91. The molecule has 1 aromatic carbocycles. The molecule has 3 rings (SSSR count). The number of hydrogen-bond acceptors (Lipinski definition) is 3. The van der Waals surface area contributed by atoms with Gasteiger partial charge in [0.1, 0.15) is 0 Å². The first-order chi connectivity index (χ1) is 10.4. The Hall–Kier alpha value is -1.65. The van der Waals surface area contributed by atoms with Crippen LogP contribution in [-0.2, 0) is 6.54 Å². The highest BCUT2D eigenvalue weighted by Crippen LogP contribution is 2.21. The molecule has 0 spiro atoms. The summed E-state index contributed by atoms with van der Waals surface area (Å²) < 4.78 is 0. The number of likely N-dealkylation sites (N-methyl/N-ethyl adjacent to an activating group) is 1. The topological polar surface area (TPSA) is 44.0 Å². The molecule has 21 heavy (non-hydrogen) atoms. The average molecular weight is 284 g/mol. The van der Waals surface area contributed by atoms with Crippen LogP contribution in [0.15, 0.2) is 36.5 Å². The minimum atomic E-state index is 0.696. The van der Waals surface area contributed by atoms with Crippen LogP contribution in [0.1, 0.15) is 25.3 Å². The zero-order valence-corrected chi connectivity index (χ0v) is 12.7. The maximum Gasteiger partial charge on any atom is 0.0695 e. The second kappa shape index (κ2) is 6.87. The van der Waals surface area contributed by atoms with Crippen LogP contribution < -0.4 is 5.32 Å². The predicted molar refractivity (Wildman–Crippen MR) is 86.0 cm³/mol. The average Bonchev–Trinajstić information content (AvgIpc) is 3.17. The van der Waals surface area contributed by atoms with Gasteiger partial charge >= 0.3 is 0 Å². The van der Waals surface area contributed by atoms with E-state index in [0.717, 1.165) is 25.3 Å². The second-order valence-electron chi connectivity index (χ2n) is 5.69. The molecule has 1 saturated heterocycles. The maximum atomic E-state index is 4.20. The molecule has 1 fully saturated rings. The van der Waals surface area contributed by atoms with Crippen LogP contribution in [-0.4, -0.2) is 40.8 Å². The highest BCUT2D eigenvalue weighted by Gasteiger charge is 2.22. The summed E-state index contributed by atoms with van der Waals surface area (Å²) in [6.07, 6.45) is 4.58. The van der Waals surface area contributed by atoms with Crippen LogP contribution in [0.3, 0.4) is 0 Å². The van der Waals surface area contributed by atoms with Crippen LogP contribution in [0.5, 0.6) is 0 Å². The third kappa shape index (κ3) is 3.34. The van der Waals surface area contributed by atoms with Crippen molar-refractivity contribution in [3.63, 3.8) is 0 Å². The molecule has 0 aliphatic carbocycles. The van der Waals surface area contributed by atoms with Crippen molar-refractivity contribution in [3.05, 3.63) is 42.1 Å². The predicted octanol–water partition coefficient (Wildman–Crippen LogP) is 2.65. The van der Waals surface area contributed by atoms with Crippen LogP contribution in [0.4, 0.5) is 0 Å². The molecule has 0 radical (unpaired) electrons. The van der Waals surface area contributed by atoms with Crippen molar-refractivity contribution in [3.8, 4) is 11.3 Å². The normalized spacial score (nSPS) is 19.2. The van der Waals surface area contributed by atoms with Gasteiger partial charge in [0.05, 0.1) is 11.9 Å². The molecule has 2 N–H and O–H groups in total. The highest BCUT2D eigenvalue weighted by atomic mass is 15.2. The number of hydrogen-bond donors (Lipinski definition) is 2. The SMILES string of the molecule is CCN1CCCC1CNCc1cn[nH]c1-c1ccccc1. The van der Waals surface area contributed by atoms with E-state index in [9.17, 15) is 0 Å². The molecule has 0 bridgehead atoms. The minimum absolute atomic E-state index is 0.696. The molecule has 4 heteroatoms. The van der Waals surface area contributed by atoms with Gasteiger partial charge < -0.3 is 5.32 Å². The number of likely N-dealkylation sites (tertiary alicyclic amines) is 1. The summed E-state index contributed by atoms with van der Waals surface area (Å²) >= 11 is 0. The standard InChI is InChI=1S/C17H24N4/c1-2-21-10-6-9-16(21)13-18-11-15-12-19-20-17(15)14-7-4-3-5-8-14/h3-5,7-8,12,16,18H,2,6,9-11,13H2,1H3,(H,19,20). The van der Waals surface area contributed by atoms with Gasteiger partial charge in [-0.05, 0) is 31.5 Å². The first-order valence-corrected chi connectivity index (χ1v) is 7.91. The van der Waals surface area contributed by atoms with E-state index in [4.69, 9.17) is 0 Å². The lowest BCUT2D eigenvalue weighted by Gasteiger charge is -2.22. The molecule has 1 aromatic heterocycles. The molecule has 1 unspecified atom stereocenters. The van der Waals surface area contributed by atoms with Gasteiger partial charge in [-0.2, -0.15) is 5.10 Å². The largest absolute Gasteiger partial charge is 0.311 e. The van der Waals surface area contributed by atoms with Crippen LogP contribution in [0, 0.1) is 0 Å². The van der Waals surface area contributed by atoms with E-state index in [1.807, 2.05) is 12.3 Å². The highest BCUT2D eigenvalue weighted by molar-refractivity contribution is 5.62. The summed E-state index contributed by atoms with van der Waals surface area (Å²) in [6, 6.07) is 11.1. The number of aromatic nitrogens is 2. The Kier molecular flexibility index (Phi) is 4.68. The molecular formula is C17H24N4.